The fourth-order valence-corrected chi connectivity index (χ4v) is 2.74. The second-order valence-electron chi connectivity index (χ2n) is 5.34. The predicted molar refractivity (Wildman–Crippen MR) is 75.4 cm³/mol. The van der Waals surface area contributed by atoms with Crippen LogP contribution in [0.4, 0.5) is 0 Å². The minimum Gasteiger partial charge on any atom is -0.477 e. The van der Waals surface area contributed by atoms with Gasteiger partial charge in [0, 0.05) is 31.8 Å². The minimum absolute atomic E-state index is 0.0388. The van der Waals surface area contributed by atoms with Crippen molar-refractivity contribution in [3.05, 3.63) is 12.4 Å². The normalized spacial score (nSPS) is 24.2. The third-order valence-corrected chi connectivity index (χ3v) is 3.85. The minimum atomic E-state index is -0.391. The summed E-state index contributed by atoms with van der Waals surface area (Å²) < 4.78 is 10.9. The molecule has 2 atom stereocenters. The fourth-order valence-electron chi connectivity index (χ4n) is 2.74. The van der Waals surface area contributed by atoms with Gasteiger partial charge >= 0.3 is 0 Å². The molecule has 0 bridgehead atoms. The van der Waals surface area contributed by atoms with Crippen molar-refractivity contribution >= 4 is 11.8 Å². The molecule has 0 radical (unpaired) electrons. The van der Waals surface area contributed by atoms with Gasteiger partial charge in [-0.3, -0.25) is 9.59 Å². The van der Waals surface area contributed by atoms with Crippen molar-refractivity contribution in [2.24, 2.45) is 0 Å². The number of methoxy groups -OCH3 is 1. The van der Waals surface area contributed by atoms with Gasteiger partial charge in [0.2, 0.25) is 11.8 Å². The average molecular weight is 306 g/mol. The number of aromatic nitrogens is 2. The van der Waals surface area contributed by atoms with Crippen LogP contribution < -0.4 is 14.8 Å². The molecule has 0 unspecified atom stereocenters. The Balaban J connectivity index is 1.58. The summed E-state index contributed by atoms with van der Waals surface area (Å²) in [7, 11) is 1.50. The Hall–Kier alpha value is -2.38. The molecule has 8 nitrogen and oxygen atoms in total. The van der Waals surface area contributed by atoms with Crippen molar-refractivity contribution in [2.45, 2.75) is 31.4 Å². The molecule has 22 heavy (non-hydrogen) atoms. The van der Waals surface area contributed by atoms with Crippen molar-refractivity contribution in [3.8, 4) is 11.8 Å². The first-order valence-corrected chi connectivity index (χ1v) is 7.27. The van der Waals surface area contributed by atoms with Crippen molar-refractivity contribution in [3.63, 3.8) is 0 Å². The number of ether oxygens (including phenoxy) is 2. The average Bonchev–Trinajstić information content (AvgIpc) is 3.16. The number of nitrogens with zero attached hydrogens (tertiary/aromatic N) is 3. The number of nitrogens with one attached hydrogen (secondary N) is 1. The zero-order valence-electron chi connectivity index (χ0n) is 12.3. The molecule has 1 N–H and O–H groups in total. The molecule has 3 heterocycles. The zero-order valence-corrected chi connectivity index (χ0v) is 12.3. The molecule has 2 amide bonds. The van der Waals surface area contributed by atoms with Crippen LogP contribution in [0.3, 0.4) is 0 Å². The first-order valence-electron chi connectivity index (χ1n) is 7.27. The largest absolute Gasteiger partial charge is 0.477 e. The predicted octanol–water partition coefficient (Wildman–Crippen LogP) is -0.256. The molecule has 1 aromatic heterocycles. The first-order chi connectivity index (χ1) is 10.7. The summed E-state index contributed by atoms with van der Waals surface area (Å²) >= 11 is 0. The molecular weight excluding hydrogens is 288 g/mol. The number of carbonyl (C=O) groups excluding carboxylic acids is 2. The van der Waals surface area contributed by atoms with E-state index in [-0.39, 0.29) is 17.9 Å². The summed E-state index contributed by atoms with van der Waals surface area (Å²) in [6, 6.07) is -0.391. The van der Waals surface area contributed by atoms with Crippen molar-refractivity contribution in [1.29, 1.82) is 0 Å². The van der Waals surface area contributed by atoms with Gasteiger partial charge in [0.05, 0.1) is 13.7 Å². The SMILES string of the molecule is COc1nccnc1O[C@H]1CCN(C(=O)[C@H]2CCC(=O)N2)C1. The van der Waals surface area contributed by atoms with E-state index in [1.54, 1.807) is 4.90 Å². The van der Waals surface area contributed by atoms with E-state index in [9.17, 15) is 9.59 Å². The van der Waals surface area contributed by atoms with E-state index in [1.807, 2.05) is 0 Å². The molecule has 0 spiro atoms. The molecule has 0 aliphatic carbocycles. The third kappa shape index (κ3) is 2.95. The third-order valence-electron chi connectivity index (χ3n) is 3.85. The van der Waals surface area contributed by atoms with Crippen LogP contribution in [0.5, 0.6) is 11.8 Å². The van der Waals surface area contributed by atoms with Crippen LogP contribution in [0.2, 0.25) is 0 Å². The van der Waals surface area contributed by atoms with Crippen LogP contribution in [0.1, 0.15) is 19.3 Å². The Bertz CT molecular complexity index is 580. The second kappa shape index (κ2) is 6.17. The number of amides is 2. The van der Waals surface area contributed by atoms with Crippen LogP contribution in [0.25, 0.3) is 0 Å². The summed E-state index contributed by atoms with van der Waals surface area (Å²) in [5.74, 6) is 0.562. The molecular formula is C14H18N4O4. The van der Waals surface area contributed by atoms with Gasteiger partial charge < -0.3 is 19.7 Å². The van der Waals surface area contributed by atoms with E-state index in [0.717, 1.165) is 0 Å². The summed E-state index contributed by atoms with van der Waals surface area (Å²) in [5, 5.41) is 2.70. The van der Waals surface area contributed by atoms with Crippen molar-refractivity contribution in [2.75, 3.05) is 20.2 Å². The summed E-state index contributed by atoms with van der Waals surface area (Å²) in [6.07, 6.45) is 4.61. The molecule has 2 aliphatic heterocycles. The smallest absolute Gasteiger partial charge is 0.278 e. The second-order valence-corrected chi connectivity index (χ2v) is 5.34. The van der Waals surface area contributed by atoms with Gasteiger partial charge in [-0.15, -0.1) is 0 Å². The molecule has 8 heteroatoms. The van der Waals surface area contributed by atoms with Gasteiger partial charge in [-0.05, 0) is 6.42 Å². The summed E-state index contributed by atoms with van der Waals surface area (Å²) in [4.78, 5) is 33.4. The highest BCUT2D eigenvalue weighted by Crippen LogP contribution is 2.24. The number of likely N-dealkylation sites (tertiary alicyclic amines) is 1. The van der Waals surface area contributed by atoms with E-state index >= 15 is 0 Å². The maximum Gasteiger partial charge on any atom is 0.278 e. The first kappa shape index (κ1) is 14.6. The number of hydrogen-bond acceptors (Lipinski definition) is 6. The van der Waals surface area contributed by atoms with Gasteiger partial charge in [0.25, 0.3) is 11.8 Å². The molecule has 0 saturated carbocycles. The molecule has 1 aromatic rings. The lowest BCUT2D eigenvalue weighted by molar-refractivity contribution is -0.133. The van der Waals surface area contributed by atoms with Crippen LogP contribution >= 0.6 is 0 Å². The fraction of sp³-hybridized carbons (Fsp3) is 0.571. The highest BCUT2D eigenvalue weighted by molar-refractivity contribution is 5.90. The van der Waals surface area contributed by atoms with Crippen LogP contribution in [-0.2, 0) is 9.59 Å². The molecule has 118 valence electrons. The van der Waals surface area contributed by atoms with Gasteiger partial charge in [0.15, 0.2) is 0 Å². The van der Waals surface area contributed by atoms with Gasteiger partial charge in [-0.1, -0.05) is 0 Å². The number of carbonyl (C=O) groups is 2. The lowest BCUT2D eigenvalue weighted by atomic mass is 10.2. The van der Waals surface area contributed by atoms with E-state index in [4.69, 9.17) is 9.47 Å². The summed E-state index contributed by atoms with van der Waals surface area (Å²) in [5.41, 5.74) is 0. The van der Waals surface area contributed by atoms with E-state index < -0.39 is 6.04 Å². The standard InChI is InChI=1S/C14H18N4O4/c1-21-12-13(16-6-5-15-12)22-9-4-7-18(8-9)14(20)10-2-3-11(19)17-10/h5-6,9-10H,2-4,7-8H2,1H3,(H,17,19)/t9-,10+/m0/s1. The van der Waals surface area contributed by atoms with E-state index in [2.05, 4.69) is 15.3 Å². The van der Waals surface area contributed by atoms with Crippen molar-refractivity contribution in [1.82, 2.24) is 20.2 Å². The maximum absolute atomic E-state index is 12.3. The van der Waals surface area contributed by atoms with Gasteiger partial charge in [-0.2, -0.15) is 0 Å². The molecule has 0 aromatic carbocycles. The Kier molecular flexibility index (Phi) is 4.08. The Morgan fingerprint density at radius 2 is 2.09 bits per heavy atom. The molecule has 3 rings (SSSR count). The number of hydrogen-bond donors (Lipinski definition) is 1. The van der Waals surface area contributed by atoms with E-state index in [1.165, 1.54) is 19.5 Å². The maximum atomic E-state index is 12.3. The monoisotopic (exact) mass is 306 g/mol. The van der Waals surface area contributed by atoms with Crippen LogP contribution in [0, 0.1) is 0 Å². The Morgan fingerprint density at radius 3 is 2.77 bits per heavy atom. The Labute approximate surface area is 127 Å². The van der Waals surface area contributed by atoms with Gasteiger partial charge in [-0.25, -0.2) is 9.97 Å². The van der Waals surface area contributed by atoms with Crippen LogP contribution in [0.15, 0.2) is 12.4 Å². The van der Waals surface area contributed by atoms with Crippen molar-refractivity contribution < 1.29 is 19.1 Å². The Morgan fingerprint density at radius 1 is 1.32 bits per heavy atom. The summed E-state index contributed by atoms with van der Waals surface area (Å²) in [6.45, 7) is 1.09. The topological polar surface area (TPSA) is 93.7 Å². The van der Waals surface area contributed by atoms with Crippen LogP contribution in [-0.4, -0.2) is 59.0 Å². The molecule has 2 saturated heterocycles. The zero-order chi connectivity index (χ0) is 15.5. The lowest BCUT2D eigenvalue weighted by Crippen LogP contribution is -2.44. The highest BCUT2D eigenvalue weighted by atomic mass is 16.5. The quantitative estimate of drug-likeness (QED) is 0.824. The highest BCUT2D eigenvalue weighted by Gasteiger charge is 2.35. The lowest BCUT2D eigenvalue weighted by Gasteiger charge is -2.20. The van der Waals surface area contributed by atoms with Gasteiger partial charge in [0.1, 0.15) is 12.1 Å². The molecule has 2 fully saturated rings. The number of rotatable bonds is 4. The van der Waals surface area contributed by atoms with E-state index in [0.29, 0.717) is 44.1 Å². The molecule has 2 aliphatic rings.